The van der Waals surface area contributed by atoms with Crippen LogP contribution in [0.1, 0.15) is 22.7 Å². The first-order valence-electron chi connectivity index (χ1n) is 12.6. The summed E-state index contributed by atoms with van der Waals surface area (Å²) in [6, 6.07) is 23.5. The van der Waals surface area contributed by atoms with Crippen LogP contribution in [-0.4, -0.2) is 45.9 Å². The molecular weight excluding hydrogens is 480 g/mol. The molecule has 0 saturated carbocycles. The van der Waals surface area contributed by atoms with E-state index < -0.39 is 0 Å². The number of ether oxygens (including phenoxy) is 4. The molecule has 1 heterocycles. The van der Waals surface area contributed by atoms with Gasteiger partial charge in [-0.25, -0.2) is 4.79 Å². The molecule has 0 saturated heterocycles. The number of fused-ring (bicyclic) bond motifs is 2. The number of benzene rings is 4. The molecule has 1 atom stereocenters. The van der Waals surface area contributed by atoms with Crippen LogP contribution in [0.2, 0.25) is 0 Å². The summed E-state index contributed by atoms with van der Waals surface area (Å²) in [5.41, 5.74) is 3.99. The molecule has 0 bridgehead atoms. The SMILES string of the molecule is COc1ccc(C[C@H]2c3cc(OC)c(OC)cc3CCN2C(=O)Nc2cccc3ccccc23)cc1OC. The van der Waals surface area contributed by atoms with Gasteiger partial charge in [-0.05, 0) is 65.3 Å². The third-order valence-electron chi connectivity index (χ3n) is 7.17. The summed E-state index contributed by atoms with van der Waals surface area (Å²) in [4.78, 5) is 15.7. The summed E-state index contributed by atoms with van der Waals surface area (Å²) in [7, 11) is 6.51. The molecule has 1 aliphatic heterocycles. The van der Waals surface area contributed by atoms with Crippen molar-refractivity contribution < 1.29 is 23.7 Å². The van der Waals surface area contributed by atoms with Gasteiger partial charge in [0.05, 0.1) is 40.2 Å². The molecule has 0 radical (unpaired) electrons. The normalized spacial score (nSPS) is 14.5. The zero-order valence-electron chi connectivity index (χ0n) is 22.1. The summed E-state index contributed by atoms with van der Waals surface area (Å²) >= 11 is 0. The average molecular weight is 513 g/mol. The molecular formula is C31H32N2O5. The topological polar surface area (TPSA) is 69.3 Å². The zero-order valence-corrected chi connectivity index (χ0v) is 22.1. The molecule has 1 aliphatic rings. The standard InChI is InChI=1S/C31H32N2O5/c1-35-27-13-12-20(17-28(27)36-2)16-26-24-19-30(38-4)29(37-3)18-22(24)14-15-33(26)31(34)32-25-11-7-9-21-8-5-6-10-23(21)25/h5-13,17-19,26H,14-16H2,1-4H3,(H,32,34)/t26-/m0/s1. The van der Waals surface area contributed by atoms with Crippen molar-refractivity contribution in [3.63, 3.8) is 0 Å². The van der Waals surface area contributed by atoms with Crippen molar-refractivity contribution in [3.8, 4) is 23.0 Å². The first kappa shape index (κ1) is 25.3. The van der Waals surface area contributed by atoms with E-state index in [4.69, 9.17) is 18.9 Å². The largest absolute Gasteiger partial charge is 0.493 e. The van der Waals surface area contributed by atoms with Gasteiger partial charge in [0.25, 0.3) is 0 Å². The first-order valence-corrected chi connectivity index (χ1v) is 12.6. The Hall–Kier alpha value is -4.39. The van der Waals surface area contributed by atoms with Gasteiger partial charge in [0, 0.05) is 11.9 Å². The van der Waals surface area contributed by atoms with Crippen LogP contribution in [0.3, 0.4) is 0 Å². The lowest BCUT2D eigenvalue weighted by Crippen LogP contribution is -2.43. The number of carbonyl (C=O) groups is 1. The third-order valence-corrected chi connectivity index (χ3v) is 7.17. The second-order valence-corrected chi connectivity index (χ2v) is 9.22. The van der Waals surface area contributed by atoms with Gasteiger partial charge in [-0.2, -0.15) is 0 Å². The Kier molecular flexibility index (Phi) is 7.26. The van der Waals surface area contributed by atoms with E-state index in [0.717, 1.165) is 33.2 Å². The van der Waals surface area contributed by atoms with Crippen molar-refractivity contribution in [3.05, 3.63) is 89.5 Å². The molecule has 0 aliphatic carbocycles. The highest BCUT2D eigenvalue weighted by Crippen LogP contribution is 2.40. The smallest absolute Gasteiger partial charge is 0.322 e. The van der Waals surface area contributed by atoms with Crippen LogP contribution >= 0.6 is 0 Å². The van der Waals surface area contributed by atoms with Crippen molar-refractivity contribution in [2.24, 2.45) is 0 Å². The molecule has 5 rings (SSSR count). The summed E-state index contributed by atoms with van der Waals surface area (Å²) in [5, 5.41) is 5.26. The molecule has 7 heteroatoms. The van der Waals surface area contributed by atoms with Crippen LogP contribution in [-0.2, 0) is 12.8 Å². The van der Waals surface area contributed by atoms with Crippen molar-refractivity contribution in [1.82, 2.24) is 4.90 Å². The fourth-order valence-electron chi connectivity index (χ4n) is 5.24. The molecule has 4 aromatic carbocycles. The molecule has 7 nitrogen and oxygen atoms in total. The van der Waals surface area contributed by atoms with E-state index in [9.17, 15) is 4.79 Å². The molecule has 4 aromatic rings. The Morgan fingerprint density at radius 1 is 0.816 bits per heavy atom. The molecule has 0 spiro atoms. The Morgan fingerprint density at radius 2 is 1.50 bits per heavy atom. The van der Waals surface area contributed by atoms with Gasteiger partial charge >= 0.3 is 6.03 Å². The van der Waals surface area contributed by atoms with Gasteiger partial charge in [0.15, 0.2) is 23.0 Å². The van der Waals surface area contributed by atoms with Gasteiger partial charge in [-0.15, -0.1) is 0 Å². The lowest BCUT2D eigenvalue weighted by molar-refractivity contribution is 0.181. The van der Waals surface area contributed by atoms with Crippen LogP contribution in [0.15, 0.2) is 72.8 Å². The number of methoxy groups -OCH3 is 4. The van der Waals surface area contributed by atoms with E-state index >= 15 is 0 Å². The van der Waals surface area contributed by atoms with Gasteiger partial charge < -0.3 is 29.2 Å². The van der Waals surface area contributed by atoms with E-state index in [1.165, 1.54) is 0 Å². The van der Waals surface area contributed by atoms with Gasteiger partial charge in [0.1, 0.15) is 0 Å². The predicted molar refractivity (Wildman–Crippen MR) is 149 cm³/mol. The number of amides is 2. The summed E-state index contributed by atoms with van der Waals surface area (Å²) in [5.74, 6) is 2.64. The highest BCUT2D eigenvalue weighted by molar-refractivity contribution is 6.01. The first-order chi connectivity index (χ1) is 18.6. The molecule has 38 heavy (non-hydrogen) atoms. The molecule has 1 N–H and O–H groups in total. The minimum Gasteiger partial charge on any atom is -0.493 e. The van der Waals surface area contributed by atoms with E-state index in [2.05, 4.69) is 5.32 Å². The number of carbonyl (C=O) groups excluding carboxylic acids is 1. The van der Waals surface area contributed by atoms with Crippen LogP contribution in [0, 0.1) is 0 Å². The number of hydrogen-bond acceptors (Lipinski definition) is 5. The van der Waals surface area contributed by atoms with Gasteiger partial charge in [-0.1, -0.05) is 42.5 Å². The molecule has 0 aromatic heterocycles. The van der Waals surface area contributed by atoms with Crippen molar-refractivity contribution >= 4 is 22.5 Å². The summed E-state index contributed by atoms with van der Waals surface area (Å²) in [6.07, 6.45) is 1.30. The summed E-state index contributed by atoms with van der Waals surface area (Å²) in [6.45, 7) is 0.567. The maximum Gasteiger partial charge on any atom is 0.322 e. The third kappa shape index (κ3) is 4.79. The van der Waals surface area contributed by atoms with E-state index in [1.807, 2.05) is 77.7 Å². The fourth-order valence-corrected chi connectivity index (χ4v) is 5.24. The number of anilines is 1. The molecule has 196 valence electrons. The fraction of sp³-hybridized carbons (Fsp3) is 0.258. The lowest BCUT2D eigenvalue weighted by atomic mass is 9.88. The highest BCUT2D eigenvalue weighted by atomic mass is 16.5. The van der Waals surface area contributed by atoms with Crippen molar-refractivity contribution in [2.75, 3.05) is 40.3 Å². The number of nitrogens with zero attached hydrogens (tertiary/aromatic N) is 1. The summed E-state index contributed by atoms with van der Waals surface area (Å²) < 4.78 is 22.2. The van der Waals surface area contributed by atoms with Crippen molar-refractivity contribution in [2.45, 2.75) is 18.9 Å². The van der Waals surface area contributed by atoms with Crippen LogP contribution < -0.4 is 24.3 Å². The second-order valence-electron chi connectivity index (χ2n) is 9.22. The van der Waals surface area contributed by atoms with Crippen LogP contribution in [0.4, 0.5) is 10.5 Å². The second kappa shape index (κ2) is 10.9. The Balaban J connectivity index is 1.53. The van der Waals surface area contributed by atoms with E-state index in [0.29, 0.717) is 42.4 Å². The Morgan fingerprint density at radius 3 is 2.26 bits per heavy atom. The maximum atomic E-state index is 13.8. The van der Waals surface area contributed by atoms with Crippen molar-refractivity contribution in [1.29, 1.82) is 0 Å². The molecule has 0 unspecified atom stereocenters. The van der Waals surface area contributed by atoms with Gasteiger partial charge in [0.2, 0.25) is 0 Å². The van der Waals surface area contributed by atoms with Gasteiger partial charge in [-0.3, -0.25) is 0 Å². The van der Waals surface area contributed by atoms with E-state index in [1.54, 1.807) is 28.4 Å². The van der Waals surface area contributed by atoms with E-state index in [-0.39, 0.29) is 12.1 Å². The molecule has 0 fully saturated rings. The minimum atomic E-state index is -0.230. The monoisotopic (exact) mass is 512 g/mol. The number of hydrogen-bond donors (Lipinski definition) is 1. The Labute approximate surface area is 222 Å². The number of rotatable bonds is 7. The van der Waals surface area contributed by atoms with Crippen LogP contribution in [0.5, 0.6) is 23.0 Å². The highest BCUT2D eigenvalue weighted by Gasteiger charge is 2.33. The van der Waals surface area contributed by atoms with Crippen LogP contribution in [0.25, 0.3) is 10.8 Å². The average Bonchev–Trinajstić information content (AvgIpc) is 2.96. The quantitative estimate of drug-likeness (QED) is 0.317. The lowest BCUT2D eigenvalue weighted by Gasteiger charge is -2.38. The molecule has 2 amide bonds. The predicted octanol–water partition coefficient (Wildman–Crippen LogP) is 6.25. The maximum absolute atomic E-state index is 13.8. The number of nitrogens with one attached hydrogen (secondary N) is 1. The Bertz CT molecular complexity index is 1460. The minimum absolute atomic E-state index is 0.146. The zero-order chi connectivity index (χ0) is 26.6. The number of urea groups is 1.